The van der Waals surface area contributed by atoms with Crippen LogP contribution in [0.1, 0.15) is 19.4 Å². The Morgan fingerprint density at radius 3 is 2.71 bits per heavy atom. The molecule has 3 N–H and O–H groups in total. The Labute approximate surface area is 103 Å². The van der Waals surface area contributed by atoms with Crippen molar-refractivity contribution in [1.82, 2.24) is 5.32 Å². The minimum atomic E-state index is 0.0381. The smallest absolute Gasteiger partial charge is 0.239 e. The Morgan fingerprint density at radius 2 is 2.12 bits per heavy atom. The van der Waals surface area contributed by atoms with Crippen molar-refractivity contribution in [3.8, 4) is 0 Å². The molecule has 4 heteroatoms. The average Bonchev–Trinajstić information content (AvgIpc) is 2.30. The molecule has 1 amide bonds. The van der Waals surface area contributed by atoms with E-state index in [-0.39, 0.29) is 5.91 Å². The highest BCUT2D eigenvalue weighted by molar-refractivity contribution is 5.81. The number of nitrogen functional groups attached to an aromatic ring is 1. The van der Waals surface area contributed by atoms with E-state index in [2.05, 4.69) is 5.32 Å². The standard InChI is InChI=1S/C13H21N3O/c1-4-15-13(17)9-16(5-2)12-8-11(14)7-6-10(12)3/h6-8H,4-5,9,14H2,1-3H3,(H,15,17). The largest absolute Gasteiger partial charge is 0.399 e. The van der Waals surface area contributed by atoms with E-state index in [9.17, 15) is 4.79 Å². The molecule has 0 aromatic heterocycles. The topological polar surface area (TPSA) is 58.4 Å². The quantitative estimate of drug-likeness (QED) is 0.761. The van der Waals surface area contributed by atoms with Crippen molar-refractivity contribution in [2.24, 2.45) is 0 Å². The highest BCUT2D eigenvalue weighted by atomic mass is 16.2. The fourth-order valence-corrected chi connectivity index (χ4v) is 1.76. The second-order valence-corrected chi connectivity index (χ2v) is 4.01. The van der Waals surface area contributed by atoms with Gasteiger partial charge in [0.25, 0.3) is 0 Å². The molecule has 0 saturated carbocycles. The van der Waals surface area contributed by atoms with Gasteiger partial charge in [-0.2, -0.15) is 0 Å². The van der Waals surface area contributed by atoms with Crippen LogP contribution in [-0.4, -0.2) is 25.5 Å². The highest BCUT2D eigenvalue weighted by Gasteiger charge is 2.11. The van der Waals surface area contributed by atoms with Crippen LogP contribution in [0, 0.1) is 6.92 Å². The van der Waals surface area contributed by atoms with E-state index < -0.39 is 0 Å². The van der Waals surface area contributed by atoms with Crippen molar-refractivity contribution >= 4 is 17.3 Å². The summed E-state index contributed by atoms with van der Waals surface area (Å²) < 4.78 is 0. The Balaban J connectivity index is 2.85. The molecule has 0 atom stereocenters. The van der Waals surface area contributed by atoms with Crippen LogP contribution in [0.15, 0.2) is 18.2 Å². The minimum Gasteiger partial charge on any atom is -0.399 e. The summed E-state index contributed by atoms with van der Waals surface area (Å²) in [4.78, 5) is 13.6. The minimum absolute atomic E-state index is 0.0381. The van der Waals surface area contributed by atoms with Gasteiger partial charge in [0.1, 0.15) is 0 Å². The zero-order valence-corrected chi connectivity index (χ0v) is 10.8. The molecule has 0 unspecified atom stereocenters. The first kappa shape index (κ1) is 13.4. The molecule has 0 bridgehead atoms. The molecule has 0 aliphatic heterocycles. The molecule has 17 heavy (non-hydrogen) atoms. The molecular weight excluding hydrogens is 214 g/mol. The molecule has 0 aliphatic carbocycles. The number of hydrogen-bond acceptors (Lipinski definition) is 3. The van der Waals surface area contributed by atoms with Gasteiger partial charge in [0, 0.05) is 24.5 Å². The molecule has 0 aliphatic rings. The van der Waals surface area contributed by atoms with E-state index in [1.165, 1.54) is 0 Å². The van der Waals surface area contributed by atoms with Gasteiger partial charge >= 0.3 is 0 Å². The number of hydrogen-bond donors (Lipinski definition) is 2. The Kier molecular flexibility index (Phi) is 4.82. The third kappa shape index (κ3) is 3.66. The molecule has 0 heterocycles. The first-order valence-electron chi connectivity index (χ1n) is 5.96. The highest BCUT2D eigenvalue weighted by Crippen LogP contribution is 2.22. The van der Waals surface area contributed by atoms with Crippen LogP contribution in [-0.2, 0) is 4.79 Å². The first-order valence-corrected chi connectivity index (χ1v) is 5.96. The van der Waals surface area contributed by atoms with E-state index in [1.807, 2.05) is 43.9 Å². The fraction of sp³-hybridized carbons (Fsp3) is 0.462. The lowest BCUT2D eigenvalue weighted by molar-refractivity contribution is -0.119. The number of nitrogens with one attached hydrogen (secondary N) is 1. The van der Waals surface area contributed by atoms with Crippen molar-refractivity contribution in [2.45, 2.75) is 20.8 Å². The van der Waals surface area contributed by atoms with Crippen LogP contribution in [0.2, 0.25) is 0 Å². The number of nitrogens with zero attached hydrogens (tertiary/aromatic N) is 1. The van der Waals surface area contributed by atoms with Crippen molar-refractivity contribution in [3.63, 3.8) is 0 Å². The summed E-state index contributed by atoms with van der Waals surface area (Å²) in [5.74, 6) is 0.0381. The third-order valence-corrected chi connectivity index (χ3v) is 2.66. The summed E-state index contributed by atoms with van der Waals surface area (Å²) in [6.07, 6.45) is 0. The Bertz CT molecular complexity index is 390. The number of nitrogens with two attached hydrogens (primary N) is 1. The second-order valence-electron chi connectivity index (χ2n) is 4.01. The number of rotatable bonds is 5. The first-order chi connectivity index (χ1) is 8.08. The summed E-state index contributed by atoms with van der Waals surface area (Å²) >= 11 is 0. The van der Waals surface area contributed by atoms with Crippen molar-refractivity contribution in [1.29, 1.82) is 0 Å². The number of carbonyl (C=O) groups is 1. The van der Waals surface area contributed by atoms with Crippen LogP contribution in [0.25, 0.3) is 0 Å². The molecule has 1 aromatic carbocycles. The molecule has 4 nitrogen and oxygen atoms in total. The molecule has 1 aromatic rings. The van der Waals surface area contributed by atoms with Crippen LogP contribution in [0.5, 0.6) is 0 Å². The fourth-order valence-electron chi connectivity index (χ4n) is 1.76. The monoisotopic (exact) mass is 235 g/mol. The van der Waals surface area contributed by atoms with Crippen molar-refractivity contribution in [3.05, 3.63) is 23.8 Å². The van der Waals surface area contributed by atoms with E-state index >= 15 is 0 Å². The Morgan fingerprint density at radius 1 is 1.41 bits per heavy atom. The van der Waals surface area contributed by atoms with Crippen LogP contribution in [0.3, 0.4) is 0 Å². The van der Waals surface area contributed by atoms with Gasteiger partial charge in [-0.3, -0.25) is 4.79 Å². The van der Waals surface area contributed by atoms with Crippen LogP contribution >= 0.6 is 0 Å². The van der Waals surface area contributed by atoms with Gasteiger partial charge in [0.2, 0.25) is 5.91 Å². The third-order valence-electron chi connectivity index (χ3n) is 2.66. The average molecular weight is 235 g/mol. The zero-order valence-electron chi connectivity index (χ0n) is 10.8. The number of likely N-dealkylation sites (N-methyl/N-ethyl adjacent to an activating group) is 2. The molecule has 1 rings (SSSR count). The van der Waals surface area contributed by atoms with Gasteiger partial charge < -0.3 is 16.0 Å². The Hall–Kier alpha value is -1.71. The van der Waals surface area contributed by atoms with E-state index in [0.717, 1.165) is 23.5 Å². The lowest BCUT2D eigenvalue weighted by Gasteiger charge is -2.24. The van der Waals surface area contributed by atoms with Gasteiger partial charge in [-0.05, 0) is 38.5 Å². The molecule has 0 spiro atoms. The van der Waals surface area contributed by atoms with E-state index in [0.29, 0.717) is 13.1 Å². The number of benzene rings is 1. The van der Waals surface area contributed by atoms with Crippen molar-refractivity contribution < 1.29 is 4.79 Å². The lowest BCUT2D eigenvalue weighted by Crippen LogP contribution is -2.37. The summed E-state index contributed by atoms with van der Waals surface area (Å²) in [5.41, 5.74) is 8.66. The van der Waals surface area contributed by atoms with Gasteiger partial charge in [0.05, 0.1) is 6.54 Å². The SMILES string of the molecule is CCNC(=O)CN(CC)c1cc(N)ccc1C. The predicted octanol–water partition coefficient (Wildman–Crippen LogP) is 1.54. The van der Waals surface area contributed by atoms with Gasteiger partial charge in [-0.1, -0.05) is 6.07 Å². The molecule has 94 valence electrons. The number of anilines is 2. The summed E-state index contributed by atoms with van der Waals surface area (Å²) in [6, 6.07) is 5.77. The van der Waals surface area contributed by atoms with Crippen molar-refractivity contribution in [2.75, 3.05) is 30.3 Å². The lowest BCUT2D eigenvalue weighted by atomic mass is 10.1. The maximum absolute atomic E-state index is 11.6. The van der Waals surface area contributed by atoms with Gasteiger partial charge in [0.15, 0.2) is 0 Å². The molecule has 0 fully saturated rings. The number of aryl methyl sites for hydroxylation is 1. The second kappa shape index (κ2) is 6.13. The number of amides is 1. The van der Waals surface area contributed by atoms with Gasteiger partial charge in [-0.15, -0.1) is 0 Å². The van der Waals surface area contributed by atoms with E-state index in [1.54, 1.807) is 0 Å². The maximum Gasteiger partial charge on any atom is 0.239 e. The predicted molar refractivity (Wildman–Crippen MR) is 72.2 cm³/mol. The summed E-state index contributed by atoms with van der Waals surface area (Å²) in [7, 11) is 0. The summed E-state index contributed by atoms with van der Waals surface area (Å²) in [5, 5.41) is 2.80. The maximum atomic E-state index is 11.6. The van der Waals surface area contributed by atoms with E-state index in [4.69, 9.17) is 5.73 Å². The molecular formula is C13H21N3O. The van der Waals surface area contributed by atoms with Crippen LogP contribution < -0.4 is 16.0 Å². The van der Waals surface area contributed by atoms with Crippen LogP contribution in [0.4, 0.5) is 11.4 Å². The summed E-state index contributed by atoms with van der Waals surface area (Å²) in [6.45, 7) is 7.78. The normalized spacial score (nSPS) is 10.1. The number of carbonyl (C=O) groups excluding carboxylic acids is 1. The van der Waals surface area contributed by atoms with Gasteiger partial charge in [-0.25, -0.2) is 0 Å². The molecule has 0 saturated heterocycles. The zero-order chi connectivity index (χ0) is 12.8. The molecule has 0 radical (unpaired) electrons.